The van der Waals surface area contributed by atoms with Gasteiger partial charge in [-0.15, -0.1) is 0 Å². The van der Waals surface area contributed by atoms with E-state index in [0.717, 1.165) is 0 Å². The van der Waals surface area contributed by atoms with Crippen LogP contribution in [0.4, 0.5) is 0 Å². The third-order valence-corrected chi connectivity index (χ3v) is 0.589. The van der Waals surface area contributed by atoms with Gasteiger partial charge in [0, 0.05) is 13.2 Å². The molecule has 4 radical (unpaired) electrons. The zero-order chi connectivity index (χ0) is 5.91. The van der Waals surface area contributed by atoms with Gasteiger partial charge in [-0.1, -0.05) is 5.21 Å². The predicted molar refractivity (Wildman–Crippen MR) is 28.4 cm³/mol. The summed E-state index contributed by atoms with van der Waals surface area (Å²) in [5, 5.41) is 15.1. The highest BCUT2D eigenvalue weighted by atomic mass is 16.3. The molecule has 0 bridgehead atoms. The zero-order valence-electron chi connectivity index (χ0n) is 3.96. The van der Waals surface area contributed by atoms with Gasteiger partial charge in [-0.25, -0.2) is 0 Å². The number of hydrogen-bond donors (Lipinski definition) is 2. The van der Waals surface area contributed by atoms with Gasteiger partial charge in [-0.2, -0.15) is 0 Å². The second kappa shape index (κ2) is 2.38. The Kier molecular flexibility index (Phi) is 2.40. The van der Waals surface area contributed by atoms with E-state index in [1.807, 2.05) is 0 Å². The van der Waals surface area contributed by atoms with Gasteiger partial charge in [0.1, 0.15) is 0 Å². The molecule has 0 rings (SSSR count). The summed E-state index contributed by atoms with van der Waals surface area (Å²) in [7, 11) is 9.99. The van der Waals surface area contributed by atoms with Crippen LogP contribution in [0.15, 0.2) is 0 Å². The number of rotatable bonds is 2. The zero-order valence-corrected chi connectivity index (χ0v) is 3.96. The fourth-order valence-electron chi connectivity index (χ4n) is 0.0500. The van der Waals surface area contributed by atoms with Crippen LogP contribution < -0.4 is 0 Å². The summed E-state index contributed by atoms with van der Waals surface area (Å²) in [5.74, 6) is 0. The highest BCUT2D eigenvalue weighted by molar-refractivity contribution is 6.40. The van der Waals surface area contributed by atoms with Crippen LogP contribution in [-0.4, -0.2) is 39.1 Å². The Morgan fingerprint density at radius 3 is 1.43 bits per heavy atom. The summed E-state index contributed by atoms with van der Waals surface area (Å²) in [6, 6.07) is 0. The van der Waals surface area contributed by atoms with Crippen molar-refractivity contribution in [3.63, 3.8) is 0 Å². The van der Waals surface area contributed by atoms with E-state index >= 15 is 0 Å². The smallest absolute Gasteiger partial charge is 0.0681 e. The van der Waals surface area contributed by atoms with Crippen molar-refractivity contribution in [2.75, 3.05) is 13.2 Å². The largest absolute Gasteiger partial charge is 0.397 e. The van der Waals surface area contributed by atoms with E-state index in [1.54, 1.807) is 0 Å². The highest BCUT2D eigenvalue weighted by Crippen LogP contribution is 2.09. The lowest BCUT2D eigenvalue weighted by Crippen LogP contribution is -2.21. The second-order valence-electron chi connectivity index (χ2n) is 1.55. The minimum absolute atomic E-state index is 0.399. The number of hydrogen-bond acceptors (Lipinski definition) is 2. The maximum atomic E-state index is 8.18. The molecule has 0 saturated carbocycles. The molecule has 0 fully saturated rings. The fourth-order valence-corrected chi connectivity index (χ4v) is 0.0500. The standard InChI is InChI=1S/C3H6B2O2/c4-3(5,1-6)2-7/h6-7H,1-2H2. The molecule has 0 aliphatic rings. The average molecular weight is 95.7 g/mol. The van der Waals surface area contributed by atoms with Gasteiger partial charge in [-0.3, -0.25) is 0 Å². The third-order valence-electron chi connectivity index (χ3n) is 0.589. The van der Waals surface area contributed by atoms with Crippen molar-refractivity contribution >= 4 is 15.7 Å². The summed E-state index contributed by atoms with van der Waals surface area (Å²) in [6.45, 7) is -0.799. The molecule has 4 heteroatoms. The van der Waals surface area contributed by atoms with Crippen molar-refractivity contribution in [1.29, 1.82) is 0 Å². The van der Waals surface area contributed by atoms with E-state index < -0.39 is 18.4 Å². The molecule has 0 heterocycles. The lowest BCUT2D eigenvalue weighted by molar-refractivity contribution is 0.204. The Bertz CT molecular complexity index is 48.9. The SMILES string of the molecule is [B]C([B])(CO)CO. The van der Waals surface area contributed by atoms with Gasteiger partial charge >= 0.3 is 0 Å². The van der Waals surface area contributed by atoms with E-state index in [0.29, 0.717) is 0 Å². The molecule has 0 spiro atoms. The maximum absolute atomic E-state index is 8.18. The maximum Gasteiger partial charge on any atom is 0.0681 e. The summed E-state index contributed by atoms with van der Waals surface area (Å²) < 4.78 is 0. The first kappa shape index (κ1) is 7.05. The normalized spacial score (nSPS) is 11.7. The van der Waals surface area contributed by atoms with Gasteiger partial charge in [0.25, 0.3) is 0 Å². The lowest BCUT2D eigenvalue weighted by Gasteiger charge is -2.17. The van der Waals surface area contributed by atoms with E-state index in [2.05, 4.69) is 0 Å². The van der Waals surface area contributed by atoms with Crippen molar-refractivity contribution in [2.45, 2.75) is 5.21 Å². The molecular formula is C3H6B2O2. The number of aliphatic hydroxyl groups excluding tert-OH is 2. The molecule has 2 nitrogen and oxygen atoms in total. The molecule has 0 amide bonds. The topological polar surface area (TPSA) is 40.5 Å². The van der Waals surface area contributed by atoms with Crippen molar-refractivity contribution in [3.8, 4) is 0 Å². The average Bonchev–Trinajstić information content (AvgIpc) is 1.68. The Hall–Kier alpha value is 0.0499. The van der Waals surface area contributed by atoms with Gasteiger partial charge in [0.05, 0.1) is 15.7 Å². The Morgan fingerprint density at radius 1 is 1.14 bits per heavy atom. The van der Waals surface area contributed by atoms with Crippen molar-refractivity contribution in [3.05, 3.63) is 0 Å². The molecule has 0 aromatic rings. The van der Waals surface area contributed by atoms with Gasteiger partial charge in [0.15, 0.2) is 0 Å². The third kappa shape index (κ3) is 2.71. The van der Waals surface area contributed by atoms with Crippen molar-refractivity contribution < 1.29 is 10.2 Å². The summed E-state index contributed by atoms with van der Waals surface area (Å²) >= 11 is 0. The fraction of sp³-hybridized carbons (Fsp3) is 1.00. The lowest BCUT2D eigenvalue weighted by atomic mass is 9.55. The molecule has 0 aromatic carbocycles. The first-order valence-electron chi connectivity index (χ1n) is 1.92. The quantitative estimate of drug-likeness (QED) is 0.407. The minimum atomic E-state index is -1.31. The molecule has 0 atom stereocenters. The molecular weight excluding hydrogens is 89.7 g/mol. The molecule has 7 heavy (non-hydrogen) atoms. The molecule has 0 saturated heterocycles. The Labute approximate surface area is 45.4 Å². The van der Waals surface area contributed by atoms with Gasteiger partial charge in [0.2, 0.25) is 0 Å². The van der Waals surface area contributed by atoms with Crippen molar-refractivity contribution in [2.24, 2.45) is 0 Å². The highest BCUT2D eigenvalue weighted by Gasteiger charge is 2.12. The Balaban J connectivity index is 3.36. The molecule has 0 unspecified atom stereocenters. The van der Waals surface area contributed by atoms with E-state index in [4.69, 9.17) is 25.9 Å². The predicted octanol–water partition coefficient (Wildman–Crippen LogP) is -1.58. The summed E-state index contributed by atoms with van der Waals surface area (Å²) in [6.07, 6.45) is 0. The van der Waals surface area contributed by atoms with Crippen LogP contribution in [0.5, 0.6) is 0 Å². The van der Waals surface area contributed by atoms with E-state index in [-0.39, 0.29) is 0 Å². The first-order chi connectivity index (χ1) is 3.12. The summed E-state index contributed by atoms with van der Waals surface area (Å²) in [4.78, 5) is 0. The molecule has 0 aliphatic carbocycles. The van der Waals surface area contributed by atoms with Crippen LogP contribution in [-0.2, 0) is 0 Å². The summed E-state index contributed by atoms with van der Waals surface area (Å²) in [5.41, 5.74) is 0. The minimum Gasteiger partial charge on any atom is -0.397 e. The van der Waals surface area contributed by atoms with Crippen LogP contribution in [0.3, 0.4) is 0 Å². The van der Waals surface area contributed by atoms with Crippen molar-refractivity contribution in [1.82, 2.24) is 0 Å². The first-order valence-corrected chi connectivity index (χ1v) is 1.92. The van der Waals surface area contributed by atoms with Crippen LogP contribution in [0.25, 0.3) is 0 Å². The van der Waals surface area contributed by atoms with E-state index in [1.165, 1.54) is 0 Å². The van der Waals surface area contributed by atoms with Crippen LogP contribution in [0.1, 0.15) is 0 Å². The molecule has 2 N–H and O–H groups in total. The van der Waals surface area contributed by atoms with Gasteiger partial charge < -0.3 is 10.2 Å². The number of aliphatic hydroxyl groups is 2. The Morgan fingerprint density at radius 2 is 1.43 bits per heavy atom. The van der Waals surface area contributed by atoms with E-state index in [9.17, 15) is 0 Å². The molecule has 0 aliphatic heterocycles. The van der Waals surface area contributed by atoms with Crippen LogP contribution in [0.2, 0.25) is 5.21 Å². The molecule has 0 aromatic heterocycles. The molecule has 36 valence electrons. The van der Waals surface area contributed by atoms with Gasteiger partial charge in [-0.05, 0) is 0 Å². The monoisotopic (exact) mass is 96.1 g/mol. The van der Waals surface area contributed by atoms with Crippen LogP contribution >= 0.6 is 0 Å². The van der Waals surface area contributed by atoms with Crippen LogP contribution in [0, 0.1) is 0 Å². The second-order valence-corrected chi connectivity index (χ2v) is 1.55.